The highest BCUT2D eigenvalue weighted by atomic mass is 19.1. The maximum Gasteiger partial charge on any atom is 0.125 e. The molecule has 0 spiro atoms. The van der Waals surface area contributed by atoms with Crippen molar-refractivity contribution in [2.24, 2.45) is 11.3 Å². The highest BCUT2D eigenvalue weighted by Gasteiger charge is 2.36. The van der Waals surface area contributed by atoms with Gasteiger partial charge in [-0.1, -0.05) is 20.8 Å². The molecule has 3 atom stereocenters. The molecule has 3 unspecified atom stereocenters. The first kappa shape index (κ1) is 15.3. The van der Waals surface area contributed by atoms with Crippen LogP contribution in [0.2, 0.25) is 0 Å². The van der Waals surface area contributed by atoms with Crippen LogP contribution in [0.5, 0.6) is 5.75 Å². The lowest BCUT2D eigenvalue weighted by Gasteiger charge is -2.40. The molecule has 3 heteroatoms. The zero-order valence-electron chi connectivity index (χ0n) is 12.8. The fourth-order valence-corrected chi connectivity index (χ4v) is 2.93. The zero-order chi connectivity index (χ0) is 14.9. The van der Waals surface area contributed by atoms with Crippen LogP contribution in [-0.2, 0) is 0 Å². The standard InChI is InChI=1S/C17H25FO2/c1-11-9-13(18)6-8-15(11)20-16-10-12(17(2,3)4)5-7-14(16)19/h6,8-9,12,14,16,19H,5,7,10H2,1-4H3. The molecule has 2 rings (SSSR count). The van der Waals surface area contributed by atoms with Gasteiger partial charge in [-0.05, 0) is 61.3 Å². The SMILES string of the molecule is Cc1cc(F)ccc1OC1CC(C(C)(C)C)CCC1O. The average Bonchev–Trinajstić information content (AvgIpc) is 2.33. The molecule has 0 heterocycles. The molecule has 0 radical (unpaired) electrons. The fraction of sp³-hybridized carbons (Fsp3) is 0.647. The molecule has 0 saturated heterocycles. The van der Waals surface area contributed by atoms with Crippen molar-refractivity contribution in [2.45, 2.75) is 59.2 Å². The Labute approximate surface area is 121 Å². The Bertz CT molecular complexity index is 465. The average molecular weight is 280 g/mol. The number of aliphatic hydroxyl groups is 1. The Morgan fingerprint density at radius 1 is 1.25 bits per heavy atom. The second kappa shape index (κ2) is 5.72. The molecule has 0 aromatic heterocycles. The van der Waals surface area contributed by atoms with Crippen molar-refractivity contribution in [1.29, 1.82) is 0 Å². The van der Waals surface area contributed by atoms with Crippen molar-refractivity contribution in [1.82, 2.24) is 0 Å². The summed E-state index contributed by atoms with van der Waals surface area (Å²) < 4.78 is 19.1. The topological polar surface area (TPSA) is 29.5 Å². The van der Waals surface area contributed by atoms with Gasteiger partial charge in [0, 0.05) is 0 Å². The van der Waals surface area contributed by atoms with Crippen LogP contribution in [0.1, 0.15) is 45.6 Å². The van der Waals surface area contributed by atoms with E-state index in [-0.39, 0.29) is 17.3 Å². The number of rotatable bonds is 2. The molecule has 1 aliphatic rings. The summed E-state index contributed by atoms with van der Waals surface area (Å²) in [5, 5.41) is 10.2. The molecule has 1 N–H and O–H groups in total. The Hall–Kier alpha value is -1.09. The highest BCUT2D eigenvalue weighted by Crippen LogP contribution is 2.39. The van der Waals surface area contributed by atoms with Gasteiger partial charge in [0.2, 0.25) is 0 Å². The molecule has 0 aliphatic heterocycles. The van der Waals surface area contributed by atoms with E-state index >= 15 is 0 Å². The molecule has 1 saturated carbocycles. The third-order valence-corrected chi connectivity index (χ3v) is 4.40. The summed E-state index contributed by atoms with van der Waals surface area (Å²) in [6.45, 7) is 8.52. The van der Waals surface area contributed by atoms with Gasteiger partial charge in [0.25, 0.3) is 0 Å². The molecule has 0 amide bonds. The van der Waals surface area contributed by atoms with Crippen LogP contribution in [0.4, 0.5) is 4.39 Å². The molecule has 0 bridgehead atoms. The Balaban J connectivity index is 2.10. The molecular weight excluding hydrogens is 255 g/mol. The van der Waals surface area contributed by atoms with Crippen molar-refractivity contribution in [2.75, 3.05) is 0 Å². The van der Waals surface area contributed by atoms with Crippen LogP contribution in [-0.4, -0.2) is 17.3 Å². The summed E-state index contributed by atoms with van der Waals surface area (Å²) in [5.74, 6) is 0.952. The van der Waals surface area contributed by atoms with Gasteiger partial charge in [-0.15, -0.1) is 0 Å². The van der Waals surface area contributed by atoms with Crippen LogP contribution >= 0.6 is 0 Å². The van der Waals surface area contributed by atoms with E-state index in [4.69, 9.17) is 4.74 Å². The van der Waals surface area contributed by atoms with Crippen LogP contribution in [0.3, 0.4) is 0 Å². The number of aliphatic hydroxyl groups excluding tert-OH is 1. The lowest BCUT2D eigenvalue weighted by Crippen LogP contribution is -2.41. The van der Waals surface area contributed by atoms with Gasteiger partial charge in [-0.3, -0.25) is 0 Å². The Morgan fingerprint density at radius 2 is 1.95 bits per heavy atom. The van der Waals surface area contributed by atoms with Crippen molar-refractivity contribution >= 4 is 0 Å². The fourth-order valence-electron chi connectivity index (χ4n) is 2.93. The second-order valence-corrected chi connectivity index (χ2v) is 7.01. The first-order chi connectivity index (χ1) is 9.27. The van der Waals surface area contributed by atoms with E-state index < -0.39 is 6.10 Å². The van der Waals surface area contributed by atoms with Crippen LogP contribution in [0.15, 0.2) is 18.2 Å². The lowest BCUT2D eigenvalue weighted by atomic mass is 9.71. The second-order valence-electron chi connectivity index (χ2n) is 7.01. The lowest BCUT2D eigenvalue weighted by molar-refractivity contribution is -0.0300. The number of aryl methyl sites for hydroxylation is 1. The maximum absolute atomic E-state index is 13.1. The minimum atomic E-state index is -0.432. The predicted octanol–water partition coefficient (Wildman–Crippen LogP) is 4.09. The minimum Gasteiger partial charge on any atom is -0.487 e. The van der Waals surface area contributed by atoms with Gasteiger partial charge < -0.3 is 9.84 Å². The molecule has 112 valence electrons. The third-order valence-electron chi connectivity index (χ3n) is 4.40. The van der Waals surface area contributed by atoms with Crippen molar-refractivity contribution in [3.8, 4) is 5.75 Å². The summed E-state index contributed by atoms with van der Waals surface area (Å²) >= 11 is 0. The van der Waals surface area contributed by atoms with Crippen molar-refractivity contribution in [3.05, 3.63) is 29.6 Å². The van der Waals surface area contributed by atoms with E-state index in [1.807, 2.05) is 6.92 Å². The molecular formula is C17H25FO2. The summed E-state index contributed by atoms with van der Waals surface area (Å²) in [6, 6.07) is 4.52. The summed E-state index contributed by atoms with van der Waals surface area (Å²) in [4.78, 5) is 0. The van der Waals surface area contributed by atoms with E-state index in [2.05, 4.69) is 20.8 Å². The molecule has 20 heavy (non-hydrogen) atoms. The van der Waals surface area contributed by atoms with Gasteiger partial charge in [-0.25, -0.2) is 4.39 Å². The molecule has 1 aromatic carbocycles. The normalized spacial score (nSPS) is 27.4. The smallest absolute Gasteiger partial charge is 0.125 e. The van der Waals surface area contributed by atoms with E-state index in [0.29, 0.717) is 11.7 Å². The number of halogens is 1. The third kappa shape index (κ3) is 3.51. The number of hydrogen-bond acceptors (Lipinski definition) is 2. The summed E-state index contributed by atoms with van der Waals surface area (Å²) in [5.41, 5.74) is 0.995. The van der Waals surface area contributed by atoms with Gasteiger partial charge >= 0.3 is 0 Å². The summed E-state index contributed by atoms with van der Waals surface area (Å²) in [6.07, 6.45) is 2.02. The first-order valence-corrected chi connectivity index (χ1v) is 7.38. The van der Waals surface area contributed by atoms with Crippen LogP contribution in [0, 0.1) is 24.1 Å². The van der Waals surface area contributed by atoms with Crippen LogP contribution < -0.4 is 4.74 Å². The molecule has 2 nitrogen and oxygen atoms in total. The molecule has 1 aromatic rings. The van der Waals surface area contributed by atoms with Gasteiger partial charge in [-0.2, -0.15) is 0 Å². The van der Waals surface area contributed by atoms with Gasteiger partial charge in [0.1, 0.15) is 17.7 Å². The maximum atomic E-state index is 13.1. The van der Waals surface area contributed by atoms with E-state index in [1.165, 1.54) is 12.1 Å². The van der Waals surface area contributed by atoms with Gasteiger partial charge in [0.05, 0.1) is 6.10 Å². The summed E-state index contributed by atoms with van der Waals surface area (Å²) in [7, 11) is 0. The Morgan fingerprint density at radius 3 is 2.55 bits per heavy atom. The van der Waals surface area contributed by atoms with Crippen LogP contribution in [0.25, 0.3) is 0 Å². The first-order valence-electron chi connectivity index (χ1n) is 7.38. The quantitative estimate of drug-likeness (QED) is 0.884. The molecule has 1 fully saturated rings. The number of ether oxygens (including phenoxy) is 1. The molecule has 1 aliphatic carbocycles. The van der Waals surface area contributed by atoms with Crippen molar-refractivity contribution in [3.63, 3.8) is 0 Å². The number of benzene rings is 1. The van der Waals surface area contributed by atoms with E-state index in [9.17, 15) is 9.50 Å². The van der Waals surface area contributed by atoms with Crippen molar-refractivity contribution < 1.29 is 14.2 Å². The number of hydrogen-bond donors (Lipinski definition) is 1. The zero-order valence-corrected chi connectivity index (χ0v) is 12.8. The van der Waals surface area contributed by atoms with Gasteiger partial charge in [0.15, 0.2) is 0 Å². The van der Waals surface area contributed by atoms with E-state index in [0.717, 1.165) is 24.8 Å². The largest absolute Gasteiger partial charge is 0.487 e. The Kier molecular flexibility index (Phi) is 4.38. The van der Waals surface area contributed by atoms with E-state index in [1.54, 1.807) is 6.07 Å². The minimum absolute atomic E-state index is 0.197. The monoisotopic (exact) mass is 280 g/mol. The highest BCUT2D eigenvalue weighted by molar-refractivity contribution is 5.32. The predicted molar refractivity (Wildman–Crippen MR) is 78.4 cm³/mol.